The first-order valence-corrected chi connectivity index (χ1v) is 8.72. The van der Waals surface area contributed by atoms with Crippen molar-refractivity contribution in [2.45, 2.75) is 12.5 Å². The van der Waals surface area contributed by atoms with Crippen molar-refractivity contribution in [3.8, 4) is 11.3 Å². The first kappa shape index (κ1) is 17.5. The van der Waals surface area contributed by atoms with Crippen LogP contribution in [0.2, 0.25) is 0 Å². The van der Waals surface area contributed by atoms with Crippen LogP contribution in [0.5, 0.6) is 0 Å². The first-order valence-electron chi connectivity index (χ1n) is 8.72. The Bertz CT molecular complexity index is 1130. The zero-order chi connectivity index (χ0) is 19.5. The summed E-state index contributed by atoms with van der Waals surface area (Å²) in [5.74, 6) is -1.28. The van der Waals surface area contributed by atoms with Crippen molar-refractivity contribution in [1.29, 1.82) is 0 Å². The molecule has 4 aromatic rings. The van der Waals surface area contributed by atoms with Crippen molar-refractivity contribution in [3.05, 3.63) is 78.1 Å². The number of carbonyl (C=O) groups excluding carboxylic acids is 1. The molecule has 2 heterocycles. The lowest BCUT2D eigenvalue weighted by molar-refractivity contribution is -0.139. The Morgan fingerprint density at radius 2 is 1.86 bits per heavy atom. The van der Waals surface area contributed by atoms with Crippen LogP contribution >= 0.6 is 0 Å². The van der Waals surface area contributed by atoms with E-state index in [-0.39, 0.29) is 12.1 Å². The van der Waals surface area contributed by atoms with Gasteiger partial charge in [-0.25, -0.2) is 4.79 Å². The van der Waals surface area contributed by atoms with Crippen molar-refractivity contribution < 1.29 is 19.2 Å². The van der Waals surface area contributed by atoms with E-state index < -0.39 is 17.9 Å². The van der Waals surface area contributed by atoms with Gasteiger partial charge in [0, 0.05) is 35.2 Å². The minimum Gasteiger partial charge on any atom is -0.480 e. The smallest absolute Gasteiger partial charge is 0.326 e. The Kier molecular flexibility index (Phi) is 4.63. The Balaban J connectivity index is 1.51. The molecule has 0 saturated heterocycles. The molecule has 0 spiro atoms. The summed E-state index contributed by atoms with van der Waals surface area (Å²) < 4.78 is 5.21. The van der Waals surface area contributed by atoms with Crippen LogP contribution in [-0.4, -0.2) is 33.2 Å². The molecule has 0 saturated carbocycles. The number of carbonyl (C=O) groups is 2. The Labute approximate surface area is 160 Å². The summed E-state index contributed by atoms with van der Waals surface area (Å²) in [7, 11) is 0. The quantitative estimate of drug-likeness (QED) is 0.479. The van der Waals surface area contributed by atoms with Crippen LogP contribution in [0, 0.1) is 0 Å². The molecule has 0 aliphatic rings. The van der Waals surface area contributed by atoms with E-state index in [1.165, 1.54) is 6.07 Å². The molecular weight excluding hydrogens is 358 g/mol. The number of para-hydroxylation sites is 1. The largest absolute Gasteiger partial charge is 0.480 e. The molecule has 0 bridgehead atoms. The van der Waals surface area contributed by atoms with Crippen LogP contribution in [0.25, 0.3) is 22.2 Å². The van der Waals surface area contributed by atoms with E-state index in [0.29, 0.717) is 5.76 Å². The molecule has 1 amide bonds. The molecular formula is C21H17N3O4. The lowest BCUT2D eigenvalue weighted by Gasteiger charge is -2.13. The number of hydrogen-bond donors (Lipinski definition) is 3. The van der Waals surface area contributed by atoms with Crippen LogP contribution in [0.1, 0.15) is 16.1 Å². The van der Waals surface area contributed by atoms with Crippen LogP contribution < -0.4 is 5.32 Å². The fourth-order valence-corrected chi connectivity index (χ4v) is 3.07. The number of fused-ring (bicyclic) bond motifs is 1. The van der Waals surface area contributed by atoms with Gasteiger partial charge < -0.3 is 19.9 Å². The summed E-state index contributed by atoms with van der Waals surface area (Å²) in [6.45, 7) is 0. The predicted molar refractivity (Wildman–Crippen MR) is 103 cm³/mol. The second kappa shape index (κ2) is 7.40. The zero-order valence-electron chi connectivity index (χ0n) is 14.8. The highest BCUT2D eigenvalue weighted by Crippen LogP contribution is 2.21. The van der Waals surface area contributed by atoms with Gasteiger partial charge in [-0.1, -0.05) is 53.7 Å². The molecule has 0 aliphatic carbocycles. The molecule has 0 radical (unpaired) electrons. The maximum atomic E-state index is 12.5. The van der Waals surface area contributed by atoms with Gasteiger partial charge in [0.25, 0.3) is 5.91 Å². The molecule has 28 heavy (non-hydrogen) atoms. The molecule has 140 valence electrons. The number of H-pyrrole nitrogens is 1. The topological polar surface area (TPSA) is 108 Å². The summed E-state index contributed by atoms with van der Waals surface area (Å²) in [4.78, 5) is 27.3. The third-order valence-electron chi connectivity index (χ3n) is 4.50. The monoisotopic (exact) mass is 375 g/mol. The molecule has 7 heteroatoms. The number of carboxylic acid groups (broad SMARTS) is 1. The number of amides is 1. The first-order chi connectivity index (χ1) is 13.6. The molecule has 4 rings (SSSR count). The van der Waals surface area contributed by atoms with Crippen molar-refractivity contribution in [2.75, 3.05) is 0 Å². The number of carboxylic acids is 1. The maximum Gasteiger partial charge on any atom is 0.326 e. The standard InChI is InChI=1S/C21H17N3O4/c25-20(17-11-19(28-24-17)13-6-2-1-3-7-13)23-18(21(26)27)10-14-12-22-16-9-5-4-8-15(14)16/h1-9,11-12,18,22H,10H2,(H,23,25)(H,26,27)/t18-/m0/s1. The van der Waals surface area contributed by atoms with Crippen LogP contribution in [-0.2, 0) is 11.2 Å². The minimum atomic E-state index is -1.12. The summed E-state index contributed by atoms with van der Waals surface area (Å²) in [5.41, 5.74) is 2.54. The molecule has 0 aliphatic heterocycles. The maximum absolute atomic E-state index is 12.5. The number of benzene rings is 2. The zero-order valence-corrected chi connectivity index (χ0v) is 14.8. The fourth-order valence-electron chi connectivity index (χ4n) is 3.07. The highest BCUT2D eigenvalue weighted by atomic mass is 16.5. The number of aliphatic carboxylic acids is 1. The van der Waals surface area contributed by atoms with Crippen molar-refractivity contribution in [2.24, 2.45) is 0 Å². The Hall–Kier alpha value is -3.87. The number of rotatable bonds is 6. The number of nitrogens with zero attached hydrogens (tertiary/aromatic N) is 1. The van der Waals surface area contributed by atoms with E-state index in [1.807, 2.05) is 54.6 Å². The van der Waals surface area contributed by atoms with Crippen molar-refractivity contribution in [3.63, 3.8) is 0 Å². The van der Waals surface area contributed by atoms with Gasteiger partial charge in [0.1, 0.15) is 6.04 Å². The van der Waals surface area contributed by atoms with Crippen LogP contribution in [0.4, 0.5) is 0 Å². The second-order valence-corrected chi connectivity index (χ2v) is 6.37. The molecule has 3 N–H and O–H groups in total. The lowest BCUT2D eigenvalue weighted by atomic mass is 10.0. The van der Waals surface area contributed by atoms with E-state index in [0.717, 1.165) is 22.0 Å². The number of hydrogen-bond acceptors (Lipinski definition) is 4. The van der Waals surface area contributed by atoms with Crippen molar-refractivity contribution >= 4 is 22.8 Å². The van der Waals surface area contributed by atoms with E-state index in [1.54, 1.807) is 6.20 Å². The van der Waals surface area contributed by atoms with Gasteiger partial charge in [0.05, 0.1) is 0 Å². The summed E-state index contributed by atoms with van der Waals surface area (Å²) >= 11 is 0. The fraction of sp³-hybridized carbons (Fsp3) is 0.0952. The average molecular weight is 375 g/mol. The van der Waals surface area contributed by atoms with E-state index in [4.69, 9.17) is 4.52 Å². The number of nitrogens with one attached hydrogen (secondary N) is 2. The van der Waals surface area contributed by atoms with Gasteiger partial charge in [0.2, 0.25) is 0 Å². The number of aromatic amines is 1. The Morgan fingerprint density at radius 1 is 1.11 bits per heavy atom. The molecule has 7 nitrogen and oxygen atoms in total. The van der Waals surface area contributed by atoms with Gasteiger partial charge in [-0.15, -0.1) is 0 Å². The molecule has 1 atom stereocenters. The third-order valence-corrected chi connectivity index (χ3v) is 4.50. The highest BCUT2D eigenvalue weighted by molar-refractivity contribution is 5.96. The van der Waals surface area contributed by atoms with Gasteiger partial charge in [-0.3, -0.25) is 4.79 Å². The Morgan fingerprint density at radius 3 is 2.64 bits per heavy atom. The summed E-state index contributed by atoms with van der Waals surface area (Å²) in [5, 5.41) is 16.8. The summed E-state index contributed by atoms with van der Waals surface area (Å²) in [6, 6.07) is 17.2. The SMILES string of the molecule is O=C(N[C@@H](Cc1c[nH]c2ccccc12)C(=O)O)c1cc(-c2ccccc2)on1. The van der Waals surface area contributed by atoms with E-state index >= 15 is 0 Å². The summed E-state index contributed by atoms with van der Waals surface area (Å²) in [6.07, 6.45) is 1.91. The molecule has 0 fully saturated rings. The predicted octanol–water partition coefficient (Wildman–Crippen LogP) is 3.25. The molecule has 2 aromatic heterocycles. The average Bonchev–Trinajstić information content (AvgIpc) is 3.36. The van der Waals surface area contributed by atoms with Crippen LogP contribution in [0.15, 0.2) is 71.4 Å². The second-order valence-electron chi connectivity index (χ2n) is 6.37. The third kappa shape index (κ3) is 3.50. The van der Waals surface area contributed by atoms with Gasteiger partial charge >= 0.3 is 5.97 Å². The lowest BCUT2D eigenvalue weighted by Crippen LogP contribution is -2.42. The highest BCUT2D eigenvalue weighted by Gasteiger charge is 2.24. The van der Waals surface area contributed by atoms with Gasteiger partial charge in [-0.05, 0) is 11.6 Å². The van der Waals surface area contributed by atoms with Crippen LogP contribution in [0.3, 0.4) is 0 Å². The van der Waals surface area contributed by atoms with Gasteiger partial charge in [-0.2, -0.15) is 0 Å². The normalized spacial score (nSPS) is 12.0. The van der Waals surface area contributed by atoms with E-state index in [2.05, 4.69) is 15.5 Å². The molecule has 2 aromatic carbocycles. The number of aromatic nitrogens is 2. The van der Waals surface area contributed by atoms with Crippen molar-refractivity contribution in [1.82, 2.24) is 15.5 Å². The van der Waals surface area contributed by atoms with Gasteiger partial charge in [0.15, 0.2) is 11.5 Å². The molecule has 0 unspecified atom stereocenters. The van der Waals surface area contributed by atoms with E-state index in [9.17, 15) is 14.7 Å². The minimum absolute atomic E-state index is 0.0315.